The molecular weight excluding hydrogens is 175 g/mol. The highest BCUT2D eigenvalue weighted by Crippen LogP contribution is 2.32. The van der Waals surface area contributed by atoms with Crippen LogP contribution in [0, 0.1) is 5.41 Å². The Kier molecular flexibility index (Phi) is 3.04. The average molecular weight is 190 g/mol. The zero-order valence-corrected chi connectivity index (χ0v) is 8.40. The number of methoxy groups -OCH3 is 1. The number of ether oxygens (including phenoxy) is 1. The molecule has 1 saturated heterocycles. The number of esters is 1. The van der Waals surface area contributed by atoms with Crippen LogP contribution in [-0.2, 0) is 9.53 Å². The van der Waals surface area contributed by atoms with E-state index in [0.717, 1.165) is 13.0 Å². The van der Waals surface area contributed by atoms with Crippen LogP contribution in [0.3, 0.4) is 0 Å². The van der Waals surface area contributed by atoms with E-state index < -0.39 is 5.41 Å². The molecule has 2 N–H and O–H groups in total. The molecule has 1 rings (SSSR count). The molecule has 0 aromatic heterocycles. The average Bonchev–Trinajstić information content (AvgIpc) is 2.47. The van der Waals surface area contributed by atoms with Crippen LogP contribution < -0.4 is 5.73 Å². The van der Waals surface area contributed by atoms with Gasteiger partial charge in [0.25, 0.3) is 0 Å². The highest BCUT2D eigenvalue weighted by Gasteiger charge is 2.43. The lowest BCUT2D eigenvalue weighted by Gasteiger charge is -2.23. The maximum Gasteiger partial charge on any atom is 0.314 e. The van der Waals surface area contributed by atoms with Crippen LogP contribution in [0.25, 0.3) is 0 Å². The zero-order chi connectivity index (χ0) is 9.19. The van der Waals surface area contributed by atoms with E-state index in [1.54, 1.807) is 0 Å². The summed E-state index contributed by atoms with van der Waals surface area (Å²) in [5.41, 5.74) is 5.11. The van der Waals surface area contributed by atoms with Crippen LogP contribution in [-0.4, -0.2) is 37.4 Å². The fraction of sp³-hybridized carbons (Fsp3) is 0.857. The van der Waals surface area contributed by atoms with E-state index in [0.29, 0.717) is 13.1 Å². The first-order chi connectivity index (χ1) is 5.64. The number of hydrogen-bond donors (Lipinski definition) is 1. The molecule has 0 radical (unpaired) electrons. The van der Waals surface area contributed by atoms with Crippen molar-refractivity contribution in [3.05, 3.63) is 0 Å². The van der Waals surface area contributed by atoms with Crippen LogP contribution in [0.15, 0.2) is 0 Å². The number of rotatable bonds is 2. The zero-order valence-electron chi connectivity index (χ0n) is 7.25. The third-order valence-electron chi connectivity index (χ3n) is 2.39. The molecule has 1 aliphatic rings. The summed E-state index contributed by atoms with van der Waals surface area (Å²) >= 11 is 0. The molecule has 2 unspecified atom stereocenters. The summed E-state index contributed by atoms with van der Waals surface area (Å²) in [5, 5.41) is 0. The summed E-state index contributed by atoms with van der Waals surface area (Å²) in [7, 11) is 3.99. The third-order valence-corrected chi connectivity index (χ3v) is 2.83. The van der Waals surface area contributed by atoms with Crippen molar-refractivity contribution in [2.75, 3.05) is 26.7 Å². The maximum absolute atomic E-state index is 11.4. The van der Waals surface area contributed by atoms with Gasteiger partial charge in [-0.2, -0.15) is 0 Å². The molecule has 0 bridgehead atoms. The van der Waals surface area contributed by atoms with Crippen LogP contribution >= 0.6 is 9.39 Å². The Balaban J connectivity index is 2.70. The lowest BCUT2D eigenvalue weighted by atomic mass is 9.87. The third kappa shape index (κ3) is 1.60. The quantitative estimate of drug-likeness (QED) is 0.475. The largest absolute Gasteiger partial charge is 0.469 e. The molecule has 0 saturated carbocycles. The van der Waals surface area contributed by atoms with Gasteiger partial charge in [-0.1, -0.05) is 9.39 Å². The molecule has 0 spiro atoms. The summed E-state index contributed by atoms with van der Waals surface area (Å²) in [6, 6.07) is 0. The summed E-state index contributed by atoms with van der Waals surface area (Å²) in [5.74, 6) is -0.185. The lowest BCUT2D eigenvalue weighted by molar-refractivity contribution is -0.151. The topological polar surface area (TPSA) is 55.6 Å². The highest BCUT2D eigenvalue weighted by molar-refractivity contribution is 7.13. The summed E-state index contributed by atoms with van der Waals surface area (Å²) in [4.78, 5) is 11.4. The minimum absolute atomic E-state index is 0.185. The molecule has 1 aliphatic heterocycles. The Hall–Kier alpha value is -0.180. The second-order valence-electron chi connectivity index (χ2n) is 3.20. The Labute approximate surface area is 74.7 Å². The van der Waals surface area contributed by atoms with Crippen molar-refractivity contribution in [1.29, 1.82) is 0 Å². The number of nitrogens with zero attached hydrogens (tertiary/aromatic N) is 1. The molecule has 12 heavy (non-hydrogen) atoms. The van der Waals surface area contributed by atoms with E-state index in [-0.39, 0.29) is 5.97 Å². The van der Waals surface area contributed by atoms with Gasteiger partial charge in [0, 0.05) is 19.6 Å². The Morgan fingerprint density at radius 3 is 2.83 bits per heavy atom. The SMILES string of the molecule is COC(=O)C1(CN)CCN(P)C1. The fourth-order valence-electron chi connectivity index (χ4n) is 1.54. The van der Waals surface area contributed by atoms with E-state index in [1.807, 2.05) is 4.67 Å². The number of carbonyl (C=O) groups excluding carboxylic acids is 1. The molecule has 70 valence electrons. The fourth-order valence-corrected chi connectivity index (χ4v) is 2.02. The van der Waals surface area contributed by atoms with E-state index in [4.69, 9.17) is 10.5 Å². The van der Waals surface area contributed by atoms with E-state index in [1.165, 1.54) is 7.11 Å². The molecule has 0 aromatic carbocycles. The van der Waals surface area contributed by atoms with Crippen LogP contribution in [0.5, 0.6) is 0 Å². The van der Waals surface area contributed by atoms with Crippen molar-refractivity contribution >= 4 is 15.4 Å². The highest BCUT2D eigenvalue weighted by atomic mass is 31.0. The molecule has 0 aliphatic carbocycles. The van der Waals surface area contributed by atoms with Gasteiger partial charge in [-0.25, -0.2) is 0 Å². The van der Waals surface area contributed by atoms with Crippen molar-refractivity contribution < 1.29 is 9.53 Å². The van der Waals surface area contributed by atoms with Gasteiger partial charge in [0.2, 0.25) is 0 Å². The normalized spacial score (nSPS) is 30.6. The Morgan fingerprint density at radius 1 is 1.83 bits per heavy atom. The molecule has 5 heteroatoms. The van der Waals surface area contributed by atoms with Crippen molar-refractivity contribution in [2.45, 2.75) is 6.42 Å². The smallest absolute Gasteiger partial charge is 0.314 e. The second kappa shape index (κ2) is 3.69. The molecule has 4 nitrogen and oxygen atoms in total. The van der Waals surface area contributed by atoms with Gasteiger partial charge in [-0.15, -0.1) is 0 Å². The van der Waals surface area contributed by atoms with E-state index in [9.17, 15) is 4.79 Å². The molecule has 0 amide bonds. The maximum atomic E-state index is 11.4. The van der Waals surface area contributed by atoms with Crippen molar-refractivity contribution in [1.82, 2.24) is 4.67 Å². The van der Waals surface area contributed by atoms with Gasteiger partial charge in [0.15, 0.2) is 0 Å². The number of hydrogen-bond acceptors (Lipinski definition) is 4. The van der Waals surface area contributed by atoms with Gasteiger partial charge in [0.1, 0.15) is 0 Å². The predicted molar refractivity (Wildman–Crippen MR) is 49.4 cm³/mol. The van der Waals surface area contributed by atoms with E-state index >= 15 is 0 Å². The standard InChI is InChI=1S/C7H15N2O2P/c1-11-6(10)7(4-8)2-3-9(12)5-7/h2-5,8,12H2,1H3. The molecule has 1 heterocycles. The van der Waals surface area contributed by atoms with Gasteiger partial charge in [0.05, 0.1) is 12.5 Å². The molecule has 1 fully saturated rings. The summed E-state index contributed by atoms with van der Waals surface area (Å²) < 4.78 is 6.74. The van der Waals surface area contributed by atoms with Crippen molar-refractivity contribution in [3.63, 3.8) is 0 Å². The van der Waals surface area contributed by atoms with Gasteiger partial charge in [-0.05, 0) is 6.42 Å². The van der Waals surface area contributed by atoms with Gasteiger partial charge in [-0.3, -0.25) is 9.46 Å². The van der Waals surface area contributed by atoms with Crippen LogP contribution in [0.4, 0.5) is 0 Å². The first-order valence-electron chi connectivity index (χ1n) is 3.93. The van der Waals surface area contributed by atoms with Gasteiger partial charge < -0.3 is 10.5 Å². The lowest BCUT2D eigenvalue weighted by Crippen LogP contribution is -2.40. The minimum Gasteiger partial charge on any atom is -0.469 e. The monoisotopic (exact) mass is 190 g/mol. The van der Waals surface area contributed by atoms with Crippen molar-refractivity contribution in [3.8, 4) is 0 Å². The van der Waals surface area contributed by atoms with Crippen molar-refractivity contribution in [2.24, 2.45) is 11.1 Å². The van der Waals surface area contributed by atoms with Crippen LogP contribution in [0.2, 0.25) is 0 Å². The first kappa shape index (κ1) is 9.90. The second-order valence-corrected chi connectivity index (χ2v) is 3.93. The Morgan fingerprint density at radius 2 is 2.50 bits per heavy atom. The first-order valence-corrected chi connectivity index (χ1v) is 4.44. The summed E-state index contributed by atoms with van der Waals surface area (Å²) in [6.45, 7) is 1.93. The predicted octanol–water partition coefficient (Wildman–Crippen LogP) is -0.400. The molecule has 2 atom stereocenters. The number of nitrogens with two attached hydrogens (primary N) is 1. The summed E-state index contributed by atoms with van der Waals surface area (Å²) in [6.07, 6.45) is 0.791. The number of carbonyl (C=O) groups is 1. The van der Waals surface area contributed by atoms with Gasteiger partial charge >= 0.3 is 5.97 Å². The Bertz CT molecular complexity index is 188. The molecule has 0 aromatic rings. The van der Waals surface area contributed by atoms with Crippen LogP contribution in [0.1, 0.15) is 6.42 Å². The van der Waals surface area contributed by atoms with E-state index in [2.05, 4.69) is 9.39 Å². The molecular formula is C7H15N2O2P. The minimum atomic E-state index is -0.462.